The second kappa shape index (κ2) is 6.97. The van der Waals surface area contributed by atoms with Gasteiger partial charge in [0.15, 0.2) is 0 Å². The number of amides is 1. The molecule has 0 saturated carbocycles. The molecule has 1 amide bonds. The first kappa shape index (κ1) is 18.0. The molecule has 142 valence electrons. The van der Waals surface area contributed by atoms with Crippen molar-refractivity contribution < 1.29 is 22.7 Å². The van der Waals surface area contributed by atoms with E-state index in [4.69, 9.17) is 4.74 Å². The van der Waals surface area contributed by atoms with Crippen molar-refractivity contribution >= 4 is 5.91 Å². The molecule has 1 saturated heterocycles. The fourth-order valence-electron chi connectivity index (χ4n) is 2.75. The van der Waals surface area contributed by atoms with Gasteiger partial charge in [-0.25, -0.2) is 15.4 Å². The summed E-state index contributed by atoms with van der Waals surface area (Å²) in [5.41, 5.74) is 2.57. The van der Waals surface area contributed by atoms with Crippen LogP contribution in [0.3, 0.4) is 0 Å². The lowest BCUT2D eigenvalue weighted by Crippen LogP contribution is -2.15. The molecular formula is C20H14F3N3O2. The van der Waals surface area contributed by atoms with Crippen LogP contribution in [0.5, 0.6) is 11.6 Å². The highest BCUT2D eigenvalue weighted by atomic mass is 19.4. The molecule has 1 unspecified atom stereocenters. The van der Waals surface area contributed by atoms with Gasteiger partial charge < -0.3 is 4.74 Å². The van der Waals surface area contributed by atoms with Gasteiger partial charge in [0.2, 0.25) is 5.88 Å². The van der Waals surface area contributed by atoms with Crippen LogP contribution in [-0.2, 0) is 6.18 Å². The monoisotopic (exact) mass is 385 g/mol. The lowest BCUT2D eigenvalue weighted by Gasteiger charge is -2.10. The number of hydrogen-bond acceptors (Lipinski definition) is 4. The Kier molecular flexibility index (Phi) is 4.48. The summed E-state index contributed by atoms with van der Waals surface area (Å²) in [4.78, 5) is 16.9. The lowest BCUT2D eigenvalue weighted by atomic mass is 10.1. The van der Waals surface area contributed by atoms with Crippen LogP contribution >= 0.6 is 0 Å². The molecule has 1 aromatic heterocycles. The van der Waals surface area contributed by atoms with Gasteiger partial charge in [-0.1, -0.05) is 30.3 Å². The van der Waals surface area contributed by atoms with Crippen molar-refractivity contribution in [1.29, 1.82) is 0 Å². The van der Waals surface area contributed by atoms with E-state index in [0.717, 1.165) is 12.1 Å². The van der Waals surface area contributed by atoms with Gasteiger partial charge in [0.25, 0.3) is 5.91 Å². The first-order valence-electron chi connectivity index (χ1n) is 8.38. The number of carbonyl (C=O) groups excluding carboxylic acids is 1. The summed E-state index contributed by atoms with van der Waals surface area (Å²) in [7, 11) is 0. The van der Waals surface area contributed by atoms with Gasteiger partial charge in [-0.05, 0) is 42.0 Å². The number of carbonyl (C=O) groups is 1. The number of halogens is 3. The summed E-state index contributed by atoms with van der Waals surface area (Å²) in [6.07, 6.45) is -3.59. The average Bonchev–Trinajstić information content (AvgIpc) is 3.49. The van der Waals surface area contributed by atoms with Crippen molar-refractivity contribution in [2.24, 2.45) is 0 Å². The normalized spacial score (nSPS) is 16.0. The molecule has 28 heavy (non-hydrogen) atoms. The third-order valence-electron chi connectivity index (χ3n) is 4.16. The van der Waals surface area contributed by atoms with Crippen molar-refractivity contribution in [3.8, 4) is 11.6 Å². The standard InChI is InChI=1S/C20H14F3N3O2/c21-20(22,23)14-7-4-6-13(12-14)17-25-26(17)19(27)16-10-5-11-24-18(16)28-15-8-2-1-3-9-15/h1-12,17,25H. The van der Waals surface area contributed by atoms with E-state index >= 15 is 0 Å². The van der Waals surface area contributed by atoms with Crippen molar-refractivity contribution in [2.75, 3.05) is 0 Å². The Hall–Kier alpha value is -3.39. The fraction of sp³-hybridized carbons (Fsp3) is 0.100. The molecule has 4 rings (SSSR count). The summed E-state index contributed by atoms with van der Waals surface area (Å²) in [6, 6.07) is 16.9. The molecule has 0 aliphatic carbocycles. The van der Waals surface area contributed by atoms with Crippen LogP contribution in [0.2, 0.25) is 0 Å². The lowest BCUT2D eigenvalue weighted by molar-refractivity contribution is -0.137. The molecule has 3 aromatic rings. The zero-order valence-corrected chi connectivity index (χ0v) is 14.4. The Bertz CT molecular complexity index is 1010. The largest absolute Gasteiger partial charge is 0.438 e. The van der Waals surface area contributed by atoms with Crippen molar-refractivity contribution in [3.63, 3.8) is 0 Å². The third-order valence-corrected chi connectivity index (χ3v) is 4.16. The number of hydrazine groups is 1. The minimum atomic E-state index is -4.44. The Morgan fingerprint density at radius 3 is 2.57 bits per heavy atom. The minimum absolute atomic E-state index is 0.121. The van der Waals surface area contributed by atoms with Crippen LogP contribution in [0.15, 0.2) is 72.9 Å². The van der Waals surface area contributed by atoms with E-state index in [1.54, 1.807) is 36.4 Å². The fourth-order valence-corrected chi connectivity index (χ4v) is 2.75. The smallest absolute Gasteiger partial charge is 0.416 e. The zero-order chi connectivity index (χ0) is 19.7. The molecule has 0 bridgehead atoms. The molecule has 5 nitrogen and oxygen atoms in total. The maximum atomic E-state index is 12.9. The van der Waals surface area contributed by atoms with Gasteiger partial charge in [0, 0.05) is 6.20 Å². The van der Waals surface area contributed by atoms with Gasteiger partial charge in [0.05, 0.1) is 5.56 Å². The van der Waals surface area contributed by atoms with E-state index in [1.807, 2.05) is 6.07 Å². The van der Waals surface area contributed by atoms with Crippen LogP contribution in [0.25, 0.3) is 0 Å². The number of ether oxygens (including phenoxy) is 1. The van der Waals surface area contributed by atoms with E-state index in [1.165, 1.54) is 23.3 Å². The Labute approximate surface area is 158 Å². The van der Waals surface area contributed by atoms with E-state index in [0.29, 0.717) is 11.3 Å². The number of para-hydroxylation sites is 1. The number of rotatable bonds is 4. The van der Waals surface area contributed by atoms with E-state index < -0.39 is 23.8 Å². The second-order valence-corrected chi connectivity index (χ2v) is 6.10. The first-order chi connectivity index (χ1) is 13.4. The molecule has 1 aliphatic rings. The summed E-state index contributed by atoms with van der Waals surface area (Å²) >= 11 is 0. The molecule has 8 heteroatoms. The minimum Gasteiger partial charge on any atom is -0.438 e. The van der Waals surface area contributed by atoms with Crippen molar-refractivity contribution in [2.45, 2.75) is 12.3 Å². The predicted molar refractivity (Wildman–Crippen MR) is 94.2 cm³/mol. The Morgan fingerprint density at radius 2 is 1.82 bits per heavy atom. The van der Waals surface area contributed by atoms with Crippen LogP contribution < -0.4 is 10.2 Å². The van der Waals surface area contributed by atoms with E-state index in [9.17, 15) is 18.0 Å². The number of nitrogens with zero attached hydrogens (tertiary/aromatic N) is 2. The molecule has 0 radical (unpaired) electrons. The van der Waals surface area contributed by atoms with Gasteiger partial charge in [-0.15, -0.1) is 0 Å². The highest BCUT2D eigenvalue weighted by Crippen LogP contribution is 2.36. The molecule has 1 atom stereocenters. The second-order valence-electron chi connectivity index (χ2n) is 6.10. The summed E-state index contributed by atoms with van der Waals surface area (Å²) < 4.78 is 44.4. The highest BCUT2D eigenvalue weighted by Gasteiger charge is 2.42. The SMILES string of the molecule is O=C(c1cccnc1Oc1ccccc1)N1NC1c1cccc(C(F)(F)F)c1. The van der Waals surface area contributed by atoms with Crippen LogP contribution in [-0.4, -0.2) is 15.9 Å². The van der Waals surface area contributed by atoms with E-state index in [2.05, 4.69) is 10.4 Å². The third kappa shape index (κ3) is 3.67. The van der Waals surface area contributed by atoms with Crippen LogP contribution in [0, 0.1) is 0 Å². The molecule has 0 spiro atoms. The maximum Gasteiger partial charge on any atom is 0.416 e. The van der Waals surface area contributed by atoms with Crippen molar-refractivity contribution in [1.82, 2.24) is 15.4 Å². The number of benzene rings is 2. The van der Waals surface area contributed by atoms with Gasteiger partial charge in [-0.2, -0.15) is 13.2 Å². The number of hydrogen-bond donors (Lipinski definition) is 1. The number of nitrogens with one attached hydrogen (secondary N) is 1. The average molecular weight is 385 g/mol. The highest BCUT2D eigenvalue weighted by molar-refractivity contribution is 5.97. The van der Waals surface area contributed by atoms with E-state index in [-0.39, 0.29) is 11.4 Å². The molecule has 1 fully saturated rings. The maximum absolute atomic E-state index is 12.9. The summed E-state index contributed by atoms with van der Waals surface area (Å²) in [5, 5.41) is 1.24. The van der Waals surface area contributed by atoms with Gasteiger partial charge >= 0.3 is 6.18 Å². The number of alkyl halides is 3. The number of aromatic nitrogens is 1. The Morgan fingerprint density at radius 1 is 1.04 bits per heavy atom. The topological polar surface area (TPSA) is 64.1 Å². The number of pyridine rings is 1. The predicted octanol–water partition coefficient (Wildman–Crippen LogP) is 4.55. The molecular weight excluding hydrogens is 371 g/mol. The molecule has 1 aliphatic heterocycles. The van der Waals surface area contributed by atoms with Gasteiger partial charge in [-0.3, -0.25) is 4.79 Å². The molecule has 2 heterocycles. The van der Waals surface area contributed by atoms with Crippen molar-refractivity contribution in [3.05, 3.63) is 89.6 Å². The molecule has 1 N–H and O–H groups in total. The summed E-state index contributed by atoms with van der Waals surface area (Å²) in [6.45, 7) is 0. The van der Waals surface area contributed by atoms with Gasteiger partial charge in [0.1, 0.15) is 17.5 Å². The summed E-state index contributed by atoms with van der Waals surface area (Å²) in [5.74, 6) is 0.195. The Balaban J connectivity index is 1.54. The van der Waals surface area contributed by atoms with Crippen LogP contribution in [0.1, 0.15) is 27.7 Å². The zero-order valence-electron chi connectivity index (χ0n) is 14.4. The quantitative estimate of drug-likeness (QED) is 0.669. The first-order valence-corrected chi connectivity index (χ1v) is 8.38. The molecule has 2 aromatic carbocycles. The van der Waals surface area contributed by atoms with Crippen LogP contribution in [0.4, 0.5) is 13.2 Å².